The van der Waals surface area contributed by atoms with Crippen molar-refractivity contribution < 1.29 is 0 Å². The largest absolute Gasteiger partial charge is 0.367 e. The van der Waals surface area contributed by atoms with Crippen molar-refractivity contribution in [3.05, 3.63) is 36.4 Å². The van der Waals surface area contributed by atoms with Gasteiger partial charge in [-0.1, -0.05) is 18.2 Å². The van der Waals surface area contributed by atoms with Gasteiger partial charge in [0.25, 0.3) is 0 Å². The van der Waals surface area contributed by atoms with E-state index in [0.717, 1.165) is 29.1 Å². The predicted octanol–water partition coefficient (Wildman–Crippen LogP) is 4.83. The Morgan fingerprint density at radius 1 is 1.00 bits per heavy atom. The zero-order chi connectivity index (χ0) is 14.7. The number of anilines is 1. The van der Waals surface area contributed by atoms with Gasteiger partial charge < -0.3 is 5.32 Å². The first-order chi connectivity index (χ1) is 10.7. The molecule has 1 aromatic carbocycles. The molecule has 22 heavy (non-hydrogen) atoms. The van der Waals surface area contributed by atoms with Gasteiger partial charge >= 0.3 is 0 Å². The van der Waals surface area contributed by atoms with E-state index in [4.69, 9.17) is 16.6 Å². The van der Waals surface area contributed by atoms with Crippen LogP contribution < -0.4 is 5.32 Å². The molecule has 3 heteroatoms. The first-order valence-corrected chi connectivity index (χ1v) is 8.88. The van der Waals surface area contributed by atoms with E-state index in [1.165, 1.54) is 37.5 Å². The predicted molar refractivity (Wildman–Crippen MR) is 91.3 cm³/mol. The molecule has 1 aromatic heterocycles. The number of rotatable bonds is 2. The van der Waals surface area contributed by atoms with Crippen molar-refractivity contribution in [2.75, 3.05) is 5.32 Å². The highest BCUT2D eigenvalue weighted by atomic mass is 35.5. The Morgan fingerprint density at radius 3 is 2.55 bits per heavy atom. The molecule has 2 unspecified atom stereocenters. The zero-order valence-electron chi connectivity index (χ0n) is 12.6. The van der Waals surface area contributed by atoms with Gasteiger partial charge in [0.1, 0.15) is 5.82 Å². The summed E-state index contributed by atoms with van der Waals surface area (Å²) in [7, 11) is 0. The molecule has 4 saturated carbocycles. The Bertz CT molecular complexity index is 712. The van der Waals surface area contributed by atoms with Gasteiger partial charge in [0.15, 0.2) is 0 Å². The highest BCUT2D eigenvalue weighted by molar-refractivity contribution is 6.24. The van der Waals surface area contributed by atoms with E-state index in [-0.39, 0.29) is 4.87 Å². The minimum atomic E-state index is 0.117. The summed E-state index contributed by atoms with van der Waals surface area (Å²) in [5, 5.41) is 4.97. The average molecular weight is 313 g/mol. The first-order valence-electron chi connectivity index (χ1n) is 8.50. The standard InChI is InChI=1S/C19H21ClN2/c20-19-9-12-7-14(10-19)18(15(8-12)11-19)22-17-6-5-13-3-1-2-4-16(13)21-17/h1-6,12,14-15,18H,7-11H2,(H,21,22). The highest BCUT2D eigenvalue weighted by Crippen LogP contribution is 2.58. The SMILES string of the molecule is ClC12CC3CC(C1)C(Nc1ccc4ccccc4n1)C(C3)C2. The summed E-state index contributed by atoms with van der Waals surface area (Å²) in [4.78, 5) is 4.92. The lowest BCUT2D eigenvalue weighted by Crippen LogP contribution is -2.57. The van der Waals surface area contributed by atoms with Crippen LogP contribution in [0.5, 0.6) is 0 Å². The minimum absolute atomic E-state index is 0.117. The van der Waals surface area contributed by atoms with E-state index in [1.54, 1.807) is 0 Å². The maximum Gasteiger partial charge on any atom is 0.126 e. The molecular weight excluding hydrogens is 292 g/mol. The van der Waals surface area contributed by atoms with Crippen molar-refractivity contribution in [2.24, 2.45) is 17.8 Å². The van der Waals surface area contributed by atoms with Gasteiger partial charge in [0.05, 0.1) is 5.52 Å². The first kappa shape index (κ1) is 13.2. The Balaban J connectivity index is 1.43. The maximum atomic E-state index is 6.83. The highest BCUT2D eigenvalue weighted by Gasteiger charge is 2.54. The molecule has 0 radical (unpaired) electrons. The molecule has 2 aromatic rings. The molecule has 4 fully saturated rings. The molecule has 1 N–H and O–H groups in total. The summed E-state index contributed by atoms with van der Waals surface area (Å²) < 4.78 is 0. The number of aromatic nitrogens is 1. The fourth-order valence-corrected chi connectivity index (χ4v) is 6.09. The van der Waals surface area contributed by atoms with E-state index >= 15 is 0 Å². The number of nitrogens with zero attached hydrogens (tertiary/aromatic N) is 1. The second-order valence-electron chi connectivity index (χ2n) is 7.68. The normalized spacial score (nSPS) is 39.3. The molecule has 4 aliphatic carbocycles. The number of fused-ring (bicyclic) bond motifs is 1. The fraction of sp³-hybridized carbons (Fsp3) is 0.526. The van der Waals surface area contributed by atoms with Crippen LogP contribution in [0.1, 0.15) is 32.1 Å². The van der Waals surface area contributed by atoms with E-state index < -0.39 is 0 Å². The Morgan fingerprint density at radius 2 is 1.77 bits per heavy atom. The number of pyridine rings is 1. The van der Waals surface area contributed by atoms with Gasteiger partial charge in [0, 0.05) is 16.3 Å². The summed E-state index contributed by atoms with van der Waals surface area (Å²) in [6.45, 7) is 0. The molecular formula is C19H21ClN2. The van der Waals surface area contributed by atoms with Crippen molar-refractivity contribution in [3.63, 3.8) is 0 Å². The van der Waals surface area contributed by atoms with Gasteiger partial charge in [-0.3, -0.25) is 0 Å². The number of halogens is 1. The Kier molecular flexibility index (Phi) is 2.76. The third-order valence-electron chi connectivity index (χ3n) is 6.11. The average Bonchev–Trinajstić information content (AvgIpc) is 2.49. The van der Waals surface area contributed by atoms with E-state index in [2.05, 4.69) is 41.7 Å². The lowest BCUT2D eigenvalue weighted by molar-refractivity contribution is 0.0218. The van der Waals surface area contributed by atoms with Gasteiger partial charge in [-0.25, -0.2) is 4.98 Å². The number of benzene rings is 1. The molecule has 4 bridgehead atoms. The third-order valence-corrected chi connectivity index (χ3v) is 6.57. The Hall–Kier alpha value is -1.28. The molecule has 2 nitrogen and oxygen atoms in total. The fourth-order valence-electron chi connectivity index (χ4n) is 5.48. The topological polar surface area (TPSA) is 24.9 Å². The van der Waals surface area contributed by atoms with Gasteiger partial charge in [-0.05, 0) is 68.1 Å². The van der Waals surface area contributed by atoms with E-state index in [9.17, 15) is 0 Å². The maximum absolute atomic E-state index is 6.83. The smallest absolute Gasteiger partial charge is 0.126 e. The molecule has 6 rings (SSSR count). The second-order valence-corrected chi connectivity index (χ2v) is 8.48. The zero-order valence-corrected chi connectivity index (χ0v) is 13.4. The van der Waals surface area contributed by atoms with Crippen LogP contribution >= 0.6 is 11.6 Å². The third kappa shape index (κ3) is 2.04. The van der Waals surface area contributed by atoms with Crippen LogP contribution in [-0.2, 0) is 0 Å². The molecule has 2 atom stereocenters. The van der Waals surface area contributed by atoms with Crippen molar-refractivity contribution in [1.29, 1.82) is 0 Å². The summed E-state index contributed by atoms with van der Waals surface area (Å²) >= 11 is 6.83. The number of nitrogens with one attached hydrogen (secondary N) is 1. The van der Waals surface area contributed by atoms with Crippen molar-refractivity contribution in [3.8, 4) is 0 Å². The number of hydrogen-bond donors (Lipinski definition) is 1. The molecule has 0 amide bonds. The quantitative estimate of drug-likeness (QED) is 0.803. The van der Waals surface area contributed by atoms with Gasteiger partial charge in [-0.2, -0.15) is 0 Å². The summed E-state index contributed by atoms with van der Waals surface area (Å²) in [5.41, 5.74) is 1.07. The van der Waals surface area contributed by atoms with Gasteiger partial charge in [-0.15, -0.1) is 11.6 Å². The van der Waals surface area contributed by atoms with Crippen LogP contribution in [0.2, 0.25) is 0 Å². The summed E-state index contributed by atoms with van der Waals surface area (Å²) in [6.07, 6.45) is 6.34. The Labute approximate surface area is 136 Å². The minimum Gasteiger partial charge on any atom is -0.367 e. The van der Waals surface area contributed by atoms with Crippen LogP contribution in [0, 0.1) is 17.8 Å². The summed E-state index contributed by atoms with van der Waals surface area (Å²) in [5.74, 6) is 3.37. The molecule has 4 aliphatic rings. The number of hydrogen-bond acceptors (Lipinski definition) is 2. The molecule has 1 heterocycles. The van der Waals surface area contributed by atoms with E-state index in [1.807, 2.05) is 0 Å². The van der Waals surface area contributed by atoms with Crippen LogP contribution in [0.15, 0.2) is 36.4 Å². The van der Waals surface area contributed by atoms with Crippen molar-refractivity contribution in [1.82, 2.24) is 4.98 Å². The number of para-hydroxylation sites is 1. The van der Waals surface area contributed by atoms with E-state index in [0.29, 0.717) is 6.04 Å². The molecule has 0 aliphatic heterocycles. The molecule has 0 saturated heterocycles. The number of alkyl halides is 1. The van der Waals surface area contributed by atoms with Crippen LogP contribution in [-0.4, -0.2) is 15.9 Å². The lowest BCUT2D eigenvalue weighted by Gasteiger charge is -2.58. The van der Waals surface area contributed by atoms with Crippen LogP contribution in [0.4, 0.5) is 5.82 Å². The molecule has 114 valence electrons. The molecule has 0 spiro atoms. The second kappa shape index (κ2) is 4.61. The monoisotopic (exact) mass is 312 g/mol. The van der Waals surface area contributed by atoms with Crippen LogP contribution in [0.25, 0.3) is 10.9 Å². The van der Waals surface area contributed by atoms with Crippen LogP contribution in [0.3, 0.4) is 0 Å². The lowest BCUT2D eigenvalue weighted by atomic mass is 9.53. The summed E-state index contributed by atoms with van der Waals surface area (Å²) in [6, 6.07) is 13.2. The van der Waals surface area contributed by atoms with Crippen molar-refractivity contribution >= 4 is 28.3 Å². The van der Waals surface area contributed by atoms with Crippen molar-refractivity contribution in [2.45, 2.75) is 43.0 Å². The van der Waals surface area contributed by atoms with Gasteiger partial charge in [0.2, 0.25) is 0 Å².